The third-order valence-electron chi connectivity index (χ3n) is 5.85. The molecule has 0 spiro atoms. The first kappa shape index (κ1) is 30.8. The molecule has 14 heteroatoms. The lowest BCUT2D eigenvalue weighted by atomic mass is 10.00. The molecule has 2 aromatic rings. The fraction of sp³-hybridized carbons (Fsp3) is 0.440. The van der Waals surface area contributed by atoms with Crippen molar-refractivity contribution in [2.45, 2.75) is 63.7 Å². The van der Waals surface area contributed by atoms with Crippen molar-refractivity contribution < 1.29 is 39.3 Å². The van der Waals surface area contributed by atoms with Gasteiger partial charge in [-0.15, -0.1) is 0 Å². The lowest BCUT2D eigenvalue weighted by molar-refractivity contribution is -0.143. The highest BCUT2D eigenvalue weighted by Gasteiger charge is 2.32. The van der Waals surface area contributed by atoms with Crippen LogP contribution in [0.5, 0.6) is 5.75 Å². The zero-order chi connectivity index (χ0) is 29.1. The van der Waals surface area contributed by atoms with Crippen LogP contribution in [-0.4, -0.2) is 79.1 Å². The van der Waals surface area contributed by atoms with E-state index in [4.69, 9.17) is 10.8 Å². The number of phenolic OH excluding ortho intramolecular Hbond substituents is 1. The number of carboxylic acid groups (broad SMARTS) is 2. The van der Waals surface area contributed by atoms with E-state index in [-0.39, 0.29) is 25.0 Å². The van der Waals surface area contributed by atoms with Crippen LogP contribution in [0.4, 0.5) is 0 Å². The van der Waals surface area contributed by atoms with Crippen LogP contribution in [0.2, 0.25) is 0 Å². The summed E-state index contributed by atoms with van der Waals surface area (Å²) in [4.78, 5) is 68.3. The van der Waals surface area contributed by atoms with Gasteiger partial charge in [0.15, 0.2) is 0 Å². The van der Waals surface area contributed by atoms with E-state index < -0.39 is 66.2 Å². The number of aromatic amines is 1. The molecule has 212 valence electrons. The number of aromatic hydroxyl groups is 1. The summed E-state index contributed by atoms with van der Waals surface area (Å²) in [5, 5.41) is 35.3. The van der Waals surface area contributed by atoms with Crippen molar-refractivity contribution in [3.63, 3.8) is 0 Å². The normalized spacial score (nSPS) is 14.1. The van der Waals surface area contributed by atoms with Crippen molar-refractivity contribution in [1.82, 2.24) is 25.9 Å². The zero-order valence-electron chi connectivity index (χ0n) is 21.6. The molecule has 4 atom stereocenters. The van der Waals surface area contributed by atoms with E-state index >= 15 is 0 Å². The maximum absolute atomic E-state index is 13.3. The van der Waals surface area contributed by atoms with E-state index in [1.165, 1.54) is 36.8 Å². The summed E-state index contributed by atoms with van der Waals surface area (Å²) in [6.07, 6.45) is 2.17. The fourth-order valence-electron chi connectivity index (χ4n) is 3.66. The molecule has 0 radical (unpaired) electrons. The molecule has 0 aliphatic heterocycles. The molecule has 0 bridgehead atoms. The standard InChI is InChI=1S/C25H34N6O8/c1-13(2)21(31-22(35)17(26)10-15-11-27-12-28-15)24(37)30-19(9-14-3-5-16(32)6-4-14)23(36)29-18(25(38)39)7-8-20(33)34/h3-6,11-13,17-19,21,32H,7-10,26H2,1-2H3,(H,27,28)(H,29,36)(H,30,37)(H,31,35)(H,33,34)(H,38,39). The Morgan fingerprint density at radius 3 is 2.10 bits per heavy atom. The van der Waals surface area contributed by atoms with Gasteiger partial charge in [0.25, 0.3) is 0 Å². The number of benzene rings is 1. The summed E-state index contributed by atoms with van der Waals surface area (Å²) in [7, 11) is 0. The summed E-state index contributed by atoms with van der Waals surface area (Å²) in [5.74, 6) is -5.26. The predicted molar refractivity (Wildman–Crippen MR) is 137 cm³/mol. The largest absolute Gasteiger partial charge is 0.508 e. The second-order valence-electron chi connectivity index (χ2n) is 9.38. The van der Waals surface area contributed by atoms with E-state index in [0.29, 0.717) is 11.3 Å². The van der Waals surface area contributed by atoms with Crippen molar-refractivity contribution in [1.29, 1.82) is 0 Å². The number of nitrogens with one attached hydrogen (secondary N) is 4. The van der Waals surface area contributed by atoms with E-state index in [0.717, 1.165) is 0 Å². The Morgan fingerprint density at radius 2 is 1.56 bits per heavy atom. The van der Waals surface area contributed by atoms with Crippen LogP contribution in [0, 0.1) is 5.92 Å². The number of imidazole rings is 1. The van der Waals surface area contributed by atoms with Crippen molar-refractivity contribution in [3.05, 3.63) is 48.0 Å². The first-order chi connectivity index (χ1) is 18.4. The molecule has 3 amide bonds. The molecule has 0 aliphatic rings. The molecule has 2 rings (SSSR count). The molecule has 0 saturated heterocycles. The second-order valence-corrected chi connectivity index (χ2v) is 9.38. The number of carboxylic acids is 2. The van der Waals surface area contributed by atoms with Crippen molar-refractivity contribution in [2.75, 3.05) is 0 Å². The number of hydrogen-bond donors (Lipinski definition) is 8. The van der Waals surface area contributed by atoms with Gasteiger partial charge in [0, 0.05) is 31.2 Å². The number of nitrogens with zero attached hydrogens (tertiary/aromatic N) is 1. The van der Waals surface area contributed by atoms with Gasteiger partial charge in [-0.3, -0.25) is 19.2 Å². The number of rotatable bonds is 15. The Morgan fingerprint density at radius 1 is 0.923 bits per heavy atom. The summed E-state index contributed by atoms with van der Waals surface area (Å²) in [6.45, 7) is 3.37. The molecule has 14 nitrogen and oxygen atoms in total. The number of H-pyrrole nitrogens is 1. The van der Waals surface area contributed by atoms with Gasteiger partial charge in [-0.05, 0) is 30.0 Å². The van der Waals surface area contributed by atoms with Gasteiger partial charge >= 0.3 is 11.9 Å². The van der Waals surface area contributed by atoms with Crippen LogP contribution < -0.4 is 21.7 Å². The average molecular weight is 547 g/mol. The summed E-state index contributed by atoms with van der Waals surface area (Å²) >= 11 is 0. The first-order valence-corrected chi connectivity index (χ1v) is 12.2. The van der Waals surface area contributed by atoms with E-state index in [9.17, 15) is 34.2 Å². The summed E-state index contributed by atoms with van der Waals surface area (Å²) in [6, 6.07) is 0.964. The molecule has 9 N–H and O–H groups in total. The minimum atomic E-state index is -1.51. The van der Waals surface area contributed by atoms with Crippen LogP contribution in [-0.2, 0) is 36.8 Å². The van der Waals surface area contributed by atoms with Gasteiger partial charge < -0.3 is 42.0 Å². The minimum absolute atomic E-state index is 0.0162. The number of aliphatic carboxylic acids is 2. The molecule has 0 saturated carbocycles. The third kappa shape index (κ3) is 10.1. The molecule has 1 aromatic carbocycles. The highest BCUT2D eigenvalue weighted by atomic mass is 16.4. The summed E-state index contributed by atoms with van der Waals surface area (Å²) < 4.78 is 0. The van der Waals surface area contributed by atoms with E-state index in [2.05, 4.69) is 25.9 Å². The van der Waals surface area contributed by atoms with Gasteiger partial charge in [0.05, 0.1) is 12.4 Å². The Balaban J connectivity index is 2.19. The molecule has 39 heavy (non-hydrogen) atoms. The highest BCUT2D eigenvalue weighted by Crippen LogP contribution is 2.13. The molecule has 1 heterocycles. The lowest BCUT2D eigenvalue weighted by Gasteiger charge is -2.27. The highest BCUT2D eigenvalue weighted by molar-refractivity contribution is 5.94. The van der Waals surface area contributed by atoms with Crippen LogP contribution in [0.25, 0.3) is 0 Å². The molecule has 4 unspecified atom stereocenters. The quantitative estimate of drug-likeness (QED) is 0.140. The van der Waals surface area contributed by atoms with E-state index in [1.54, 1.807) is 13.8 Å². The maximum atomic E-state index is 13.3. The predicted octanol–water partition coefficient (Wildman–Crippen LogP) is -0.712. The number of phenols is 1. The zero-order valence-corrected chi connectivity index (χ0v) is 21.6. The Hall–Kier alpha value is -4.46. The third-order valence-corrected chi connectivity index (χ3v) is 5.85. The molecular formula is C25H34N6O8. The maximum Gasteiger partial charge on any atom is 0.326 e. The van der Waals surface area contributed by atoms with Gasteiger partial charge in [-0.25, -0.2) is 9.78 Å². The number of hydrogen-bond acceptors (Lipinski definition) is 8. The smallest absolute Gasteiger partial charge is 0.326 e. The molecule has 0 fully saturated rings. The van der Waals surface area contributed by atoms with Crippen molar-refractivity contribution >= 4 is 29.7 Å². The second kappa shape index (κ2) is 14.5. The fourth-order valence-corrected chi connectivity index (χ4v) is 3.66. The first-order valence-electron chi connectivity index (χ1n) is 12.2. The average Bonchev–Trinajstić information content (AvgIpc) is 3.38. The SMILES string of the molecule is CC(C)C(NC(=O)C(N)Cc1cnc[nH]1)C(=O)NC(Cc1ccc(O)cc1)C(=O)NC(CCC(=O)O)C(=O)O. The van der Waals surface area contributed by atoms with Gasteiger partial charge in [-0.2, -0.15) is 0 Å². The Labute approximate surface area is 224 Å². The van der Waals surface area contributed by atoms with Gasteiger partial charge in [0.1, 0.15) is 23.9 Å². The number of nitrogens with two attached hydrogens (primary N) is 1. The number of carbonyl (C=O) groups is 5. The Kier molecular flexibility index (Phi) is 11.4. The number of amides is 3. The van der Waals surface area contributed by atoms with E-state index in [1.807, 2.05) is 0 Å². The minimum Gasteiger partial charge on any atom is -0.508 e. The lowest BCUT2D eigenvalue weighted by Crippen LogP contribution is -2.59. The molecule has 0 aliphatic carbocycles. The van der Waals surface area contributed by atoms with Crippen molar-refractivity contribution in [3.8, 4) is 5.75 Å². The number of carbonyl (C=O) groups excluding carboxylic acids is 3. The molecule has 1 aromatic heterocycles. The Bertz CT molecular complexity index is 1140. The van der Waals surface area contributed by atoms with Crippen LogP contribution in [0.3, 0.4) is 0 Å². The number of aromatic nitrogens is 2. The van der Waals surface area contributed by atoms with Crippen LogP contribution in [0.15, 0.2) is 36.8 Å². The topological polar surface area (TPSA) is 237 Å². The molecular weight excluding hydrogens is 512 g/mol. The van der Waals surface area contributed by atoms with Crippen molar-refractivity contribution in [2.24, 2.45) is 11.7 Å². The summed E-state index contributed by atoms with van der Waals surface area (Å²) in [5.41, 5.74) is 7.15. The van der Waals surface area contributed by atoms with Crippen LogP contribution >= 0.6 is 0 Å². The monoisotopic (exact) mass is 546 g/mol. The van der Waals surface area contributed by atoms with Crippen LogP contribution in [0.1, 0.15) is 37.9 Å². The van der Waals surface area contributed by atoms with Gasteiger partial charge in [-0.1, -0.05) is 26.0 Å². The van der Waals surface area contributed by atoms with Gasteiger partial charge in [0.2, 0.25) is 17.7 Å².